The maximum absolute atomic E-state index is 13.2. The summed E-state index contributed by atoms with van der Waals surface area (Å²) in [6.45, 7) is 0.464. The van der Waals surface area contributed by atoms with Gasteiger partial charge in [-0.1, -0.05) is 29.8 Å². The maximum atomic E-state index is 13.2. The molecular weight excluding hydrogens is 420 g/mol. The second kappa shape index (κ2) is 7.89. The molecule has 0 fully saturated rings. The molecule has 1 aliphatic heterocycles. The molecule has 0 aliphatic carbocycles. The standard InChI is InChI=1S/C24H17ClO6/c1-27-21-10-20-17(9-23(21)28-11-14-2-5-16(25)6-3-14)24(26)18(12-29-20)15-4-7-19-22(8-15)31-13-30-19/h2-10,12H,11,13H2,1H3. The lowest BCUT2D eigenvalue weighted by molar-refractivity contribution is 0.174. The molecule has 7 heteroatoms. The van der Waals surface area contributed by atoms with Crippen LogP contribution in [0.25, 0.3) is 22.1 Å². The molecule has 0 radical (unpaired) electrons. The SMILES string of the molecule is COc1cc2occ(-c3ccc4c(c3)OCO4)c(=O)c2cc1OCc1ccc(Cl)cc1. The van der Waals surface area contributed by atoms with Crippen LogP contribution in [0.5, 0.6) is 23.0 Å². The predicted molar refractivity (Wildman–Crippen MR) is 116 cm³/mol. The van der Waals surface area contributed by atoms with Gasteiger partial charge in [-0.25, -0.2) is 0 Å². The molecule has 0 amide bonds. The zero-order valence-electron chi connectivity index (χ0n) is 16.5. The lowest BCUT2D eigenvalue weighted by Crippen LogP contribution is -2.06. The highest BCUT2D eigenvalue weighted by atomic mass is 35.5. The summed E-state index contributed by atoms with van der Waals surface area (Å²) in [6.07, 6.45) is 1.44. The average Bonchev–Trinajstić information content (AvgIpc) is 3.26. The Bertz CT molecular complexity index is 1330. The Labute approximate surface area is 182 Å². The van der Waals surface area contributed by atoms with Gasteiger partial charge in [0.1, 0.15) is 18.5 Å². The minimum absolute atomic E-state index is 0.166. The molecule has 31 heavy (non-hydrogen) atoms. The van der Waals surface area contributed by atoms with Crippen molar-refractivity contribution in [3.8, 4) is 34.1 Å². The van der Waals surface area contributed by atoms with Crippen molar-refractivity contribution < 1.29 is 23.4 Å². The van der Waals surface area contributed by atoms with Crippen LogP contribution in [0.3, 0.4) is 0 Å². The monoisotopic (exact) mass is 436 g/mol. The summed E-state index contributed by atoms with van der Waals surface area (Å²) >= 11 is 5.93. The molecule has 0 N–H and O–H groups in total. The van der Waals surface area contributed by atoms with Gasteiger partial charge in [-0.05, 0) is 41.5 Å². The van der Waals surface area contributed by atoms with Gasteiger partial charge in [-0.3, -0.25) is 4.79 Å². The normalized spacial score (nSPS) is 12.2. The number of rotatable bonds is 5. The Morgan fingerprint density at radius 1 is 0.968 bits per heavy atom. The zero-order chi connectivity index (χ0) is 21.4. The van der Waals surface area contributed by atoms with Crippen LogP contribution in [0, 0.1) is 0 Å². The Morgan fingerprint density at radius 3 is 2.58 bits per heavy atom. The van der Waals surface area contributed by atoms with Crippen LogP contribution < -0.4 is 24.4 Å². The summed E-state index contributed by atoms with van der Waals surface area (Å²) in [5.74, 6) is 2.16. The van der Waals surface area contributed by atoms with Gasteiger partial charge in [-0.2, -0.15) is 0 Å². The highest BCUT2D eigenvalue weighted by Gasteiger charge is 2.18. The molecule has 0 spiro atoms. The molecule has 0 saturated heterocycles. The minimum atomic E-state index is -0.181. The fourth-order valence-corrected chi connectivity index (χ4v) is 3.54. The summed E-state index contributed by atoms with van der Waals surface area (Å²) < 4.78 is 27.9. The lowest BCUT2D eigenvalue weighted by Gasteiger charge is -2.12. The van der Waals surface area contributed by atoms with Gasteiger partial charge in [0.15, 0.2) is 23.0 Å². The first-order valence-electron chi connectivity index (χ1n) is 9.53. The van der Waals surface area contributed by atoms with Crippen LogP contribution in [-0.4, -0.2) is 13.9 Å². The van der Waals surface area contributed by atoms with E-state index in [0.29, 0.717) is 56.7 Å². The second-order valence-electron chi connectivity index (χ2n) is 6.96. The van der Waals surface area contributed by atoms with E-state index in [0.717, 1.165) is 5.56 Å². The van der Waals surface area contributed by atoms with Gasteiger partial charge in [0.25, 0.3) is 0 Å². The van der Waals surface area contributed by atoms with E-state index in [1.165, 1.54) is 13.4 Å². The van der Waals surface area contributed by atoms with Crippen molar-refractivity contribution in [3.63, 3.8) is 0 Å². The topological polar surface area (TPSA) is 67.1 Å². The van der Waals surface area contributed by atoms with Crippen molar-refractivity contribution in [1.29, 1.82) is 0 Å². The van der Waals surface area contributed by atoms with Gasteiger partial charge in [0, 0.05) is 11.1 Å². The van der Waals surface area contributed by atoms with E-state index in [4.69, 9.17) is 35.0 Å². The largest absolute Gasteiger partial charge is 0.493 e. The second-order valence-corrected chi connectivity index (χ2v) is 7.40. The van der Waals surface area contributed by atoms with E-state index >= 15 is 0 Å². The number of methoxy groups -OCH3 is 1. The molecule has 2 heterocycles. The molecule has 0 bridgehead atoms. The molecule has 1 aromatic heterocycles. The molecule has 0 atom stereocenters. The first-order valence-corrected chi connectivity index (χ1v) is 9.91. The third-order valence-corrected chi connectivity index (χ3v) is 5.30. The van der Waals surface area contributed by atoms with Crippen LogP contribution >= 0.6 is 11.6 Å². The Kier molecular flexibility index (Phi) is 4.92. The summed E-state index contributed by atoms with van der Waals surface area (Å²) in [4.78, 5) is 13.2. The van der Waals surface area contributed by atoms with Crippen molar-refractivity contribution in [1.82, 2.24) is 0 Å². The molecule has 0 saturated carbocycles. The Balaban J connectivity index is 1.53. The van der Waals surface area contributed by atoms with Crippen LogP contribution in [0.1, 0.15) is 5.56 Å². The summed E-state index contributed by atoms with van der Waals surface area (Å²) in [5, 5.41) is 1.04. The van der Waals surface area contributed by atoms with Crippen molar-refractivity contribution >= 4 is 22.6 Å². The van der Waals surface area contributed by atoms with E-state index in [-0.39, 0.29) is 12.2 Å². The van der Waals surface area contributed by atoms with Gasteiger partial charge < -0.3 is 23.4 Å². The van der Waals surface area contributed by atoms with Crippen molar-refractivity contribution in [2.24, 2.45) is 0 Å². The zero-order valence-corrected chi connectivity index (χ0v) is 17.3. The number of benzene rings is 3. The Hall–Kier alpha value is -3.64. The smallest absolute Gasteiger partial charge is 0.231 e. The lowest BCUT2D eigenvalue weighted by atomic mass is 10.0. The number of halogens is 1. The molecule has 1 aliphatic rings. The Morgan fingerprint density at radius 2 is 1.77 bits per heavy atom. The summed E-state index contributed by atoms with van der Waals surface area (Å²) in [7, 11) is 1.54. The minimum Gasteiger partial charge on any atom is -0.493 e. The predicted octanol–water partition coefficient (Wildman–Crippen LogP) is 5.43. The average molecular weight is 437 g/mol. The molecule has 156 valence electrons. The van der Waals surface area contributed by atoms with E-state index in [9.17, 15) is 4.79 Å². The first kappa shape index (κ1) is 19.3. The highest BCUT2D eigenvalue weighted by molar-refractivity contribution is 6.30. The highest BCUT2D eigenvalue weighted by Crippen LogP contribution is 2.37. The molecule has 4 aromatic rings. The van der Waals surface area contributed by atoms with Crippen molar-refractivity contribution in [2.75, 3.05) is 13.9 Å². The van der Waals surface area contributed by atoms with E-state index in [1.807, 2.05) is 12.1 Å². The third-order valence-electron chi connectivity index (χ3n) is 5.05. The number of ether oxygens (including phenoxy) is 4. The van der Waals surface area contributed by atoms with Gasteiger partial charge in [0.2, 0.25) is 12.2 Å². The molecule has 5 rings (SSSR count). The number of fused-ring (bicyclic) bond motifs is 2. The number of hydrogen-bond donors (Lipinski definition) is 0. The fourth-order valence-electron chi connectivity index (χ4n) is 3.41. The van der Waals surface area contributed by atoms with Crippen LogP contribution in [-0.2, 0) is 6.61 Å². The molecule has 3 aromatic carbocycles. The van der Waals surface area contributed by atoms with Gasteiger partial charge in [-0.15, -0.1) is 0 Å². The first-order chi connectivity index (χ1) is 15.1. The summed E-state index contributed by atoms with van der Waals surface area (Å²) in [6, 6.07) is 16.0. The molecular formula is C24H17ClO6. The fraction of sp³-hybridized carbons (Fsp3) is 0.125. The van der Waals surface area contributed by atoms with Gasteiger partial charge >= 0.3 is 0 Å². The van der Waals surface area contributed by atoms with Crippen LogP contribution in [0.2, 0.25) is 5.02 Å². The van der Waals surface area contributed by atoms with Crippen LogP contribution in [0.15, 0.2) is 70.1 Å². The van der Waals surface area contributed by atoms with Crippen molar-refractivity contribution in [2.45, 2.75) is 6.61 Å². The summed E-state index contributed by atoms with van der Waals surface area (Å²) in [5.41, 5.74) is 2.26. The maximum Gasteiger partial charge on any atom is 0.231 e. The van der Waals surface area contributed by atoms with E-state index in [2.05, 4.69) is 0 Å². The quantitative estimate of drug-likeness (QED) is 0.415. The number of hydrogen-bond acceptors (Lipinski definition) is 6. The van der Waals surface area contributed by atoms with Crippen LogP contribution in [0.4, 0.5) is 0 Å². The van der Waals surface area contributed by atoms with Gasteiger partial charge in [0.05, 0.1) is 18.1 Å². The van der Waals surface area contributed by atoms with E-state index in [1.54, 1.807) is 42.5 Å². The van der Waals surface area contributed by atoms with E-state index < -0.39 is 0 Å². The molecule has 6 nitrogen and oxygen atoms in total. The third kappa shape index (κ3) is 3.66. The molecule has 0 unspecified atom stereocenters. The van der Waals surface area contributed by atoms with Crippen molar-refractivity contribution in [3.05, 3.63) is 81.7 Å².